The highest BCUT2D eigenvalue weighted by Gasteiger charge is 2.12. The number of fused-ring (bicyclic) bond motifs is 1. The molecule has 0 unspecified atom stereocenters. The van der Waals surface area contributed by atoms with E-state index in [1.165, 1.54) is 6.20 Å². The Morgan fingerprint density at radius 3 is 2.88 bits per heavy atom. The molecule has 2 aromatic heterocycles. The highest BCUT2D eigenvalue weighted by atomic mass is 16.4. The van der Waals surface area contributed by atoms with E-state index in [0.29, 0.717) is 5.95 Å². The van der Waals surface area contributed by atoms with Gasteiger partial charge in [0.15, 0.2) is 5.65 Å². The number of carbonyl (C=O) groups is 1. The summed E-state index contributed by atoms with van der Waals surface area (Å²) in [5, 5.41) is 11.4. The van der Waals surface area contributed by atoms with Gasteiger partial charge < -0.3 is 15.4 Å². The highest BCUT2D eigenvalue weighted by Crippen LogP contribution is 2.05. The minimum atomic E-state index is -1.39. The van der Waals surface area contributed by atoms with Crippen molar-refractivity contribution in [2.45, 2.75) is 0 Å². The standard InChI is InChI=1S/C8H7N5O3/c1-9-8-10-2-3-5(13-8)12-6(14)4(11-3)7(15)16/h2H,1H3,(H,15,16)(H2,9,10,12,13,14). The van der Waals surface area contributed by atoms with Crippen molar-refractivity contribution in [1.29, 1.82) is 0 Å². The topological polar surface area (TPSA) is 121 Å². The molecule has 0 spiro atoms. The summed E-state index contributed by atoms with van der Waals surface area (Å²) in [6.45, 7) is 0. The molecule has 2 aromatic rings. The lowest BCUT2D eigenvalue weighted by Gasteiger charge is -2.00. The van der Waals surface area contributed by atoms with Gasteiger partial charge in [-0.05, 0) is 0 Å². The molecular weight excluding hydrogens is 214 g/mol. The second-order valence-electron chi connectivity index (χ2n) is 2.90. The van der Waals surface area contributed by atoms with Crippen LogP contribution in [-0.4, -0.2) is 38.1 Å². The van der Waals surface area contributed by atoms with Crippen LogP contribution < -0.4 is 10.9 Å². The third kappa shape index (κ3) is 1.56. The first-order valence-electron chi connectivity index (χ1n) is 4.30. The van der Waals surface area contributed by atoms with Gasteiger partial charge in [-0.1, -0.05) is 0 Å². The van der Waals surface area contributed by atoms with E-state index in [1.807, 2.05) is 0 Å². The molecule has 0 aliphatic heterocycles. The Morgan fingerprint density at radius 2 is 2.25 bits per heavy atom. The first-order chi connectivity index (χ1) is 7.61. The molecule has 0 saturated heterocycles. The molecule has 0 aliphatic carbocycles. The fourth-order valence-electron chi connectivity index (χ4n) is 1.15. The zero-order chi connectivity index (χ0) is 11.7. The van der Waals surface area contributed by atoms with Gasteiger partial charge in [0.2, 0.25) is 11.6 Å². The fourth-order valence-corrected chi connectivity index (χ4v) is 1.15. The summed E-state index contributed by atoms with van der Waals surface area (Å²) in [4.78, 5) is 35.7. The number of hydrogen-bond acceptors (Lipinski definition) is 6. The summed E-state index contributed by atoms with van der Waals surface area (Å²) in [6.07, 6.45) is 1.33. The number of aromatic nitrogens is 4. The van der Waals surface area contributed by atoms with Crippen LogP contribution in [0.4, 0.5) is 5.95 Å². The van der Waals surface area contributed by atoms with Gasteiger partial charge in [-0.3, -0.25) is 4.79 Å². The number of carboxylic acids is 1. The van der Waals surface area contributed by atoms with E-state index in [0.717, 1.165) is 0 Å². The first-order valence-corrected chi connectivity index (χ1v) is 4.30. The monoisotopic (exact) mass is 221 g/mol. The Hall–Kier alpha value is -2.51. The fraction of sp³-hybridized carbons (Fsp3) is 0.125. The molecule has 0 bridgehead atoms. The van der Waals surface area contributed by atoms with E-state index in [2.05, 4.69) is 25.3 Å². The Morgan fingerprint density at radius 1 is 1.50 bits per heavy atom. The summed E-state index contributed by atoms with van der Waals surface area (Å²) >= 11 is 0. The molecule has 2 rings (SSSR count). The maximum absolute atomic E-state index is 11.3. The third-order valence-electron chi connectivity index (χ3n) is 1.87. The zero-order valence-electron chi connectivity index (χ0n) is 8.18. The second-order valence-corrected chi connectivity index (χ2v) is 2.90. The van der Waals surface area contributed by atoms with Crippen molar-refractivity contribution >= 4 is 23.1 Å². The number of nitrogens with one attached hydrogen (secondary N) is 2. The number of rotatable bonds is 2. The van der Waals surface area contributed by atoms with Crippen molar-refractivity contribution in [3.05, 3.63) is 22.2 Å². The number of nitrogens with zero attached hydrogens (tertiary/aromatic N) is 3. The van der Waals surface area contributed by atoms with Crippen LogP contribution in [0.15, 0.2) is 11.0 Å². The van der Waals surface area contributed by atoms with E-state index in [4.69, 9.17) is 5.11 Å². The summed E-state index contributed by atoms with van der Waals surface area (Å²) in [5.74, 6) is -1.08. The lowest BCUT2D eigenvalue weighted by atomic mass is 10.4. The van der Waals surface area contributed by atoms with E-state index in [9.17, 15) is 9.59 Å². The second kappa shape index (κ2) is 3.57. The van der Waals surface area contributed by atoms with Crippen molar-refractivity contribution in [3.63, 3.8) is 0 Å². The van der Waals surface area contributed by atoms with Gasteiger partial charge in [-0.15, -0.1) is 0 Å². The average Bonchev–Trinajstić information content (AvgIpc) is 2.27. The van der Waals surface area contributed by atoms with Crippen molar-refractivity contribution in [2.24, 2.45) is 0 Å². The minimum absolute atomic E-state index is 0.189. The lowest BCUT2D eigenvalue weighted by Crippen LogP contribution is -2.20. The number of carboxylic acid groups (broad SMARTS) is 1. The summed E-state index contributed by atoms with van der Waals surface area (Å²) in [7, 11) is 1.62. The van der Waals surface area contributed by atoms with Crippen LogP contribution in [0.25, 0.3) is 11.2 Å². The quantitative estimate of drug-likeness (QED) is 0.622. The van der Waals surface area contributed by atoms with Crippen molar-refractivity contribution in [3.8, 4) is 0 Å². The first kappa shape index (κ1) is 10.0. The SMILES string of the molecule is CNc1ncc2nc(C(=O)O)c(=O)[nH]c2n1. The molecule has 3 N–H and O–H groups in total. The molecule has 2 heterocycles. The van der Waals surface area contributed by atoms with Gasteiger partial charge in [0, 0.05) is 7.05 Å². The molecule has 8 heteroatoms. The van der Waals surface area contributed by atoms with Gasteiger partial charge in [-0.25, -0.2) is 14.8 Å². The van der Waals surface area contributed by atoms with Gasteiger partial charge >= 0.3 is 5.97 Å². The van der Waals surface area contributed by atoms with Crippen LogP contribution in [-0.2, 0) is 0 Å². The maximum Gasteiger partial charge on any atom is 0.360 e. The third-order valence-corrected chi connectivity index (χ3v) is 1.87. The van der Waals surface area contributed by atoms with Crippen LogP contribution in [0.5, 0.6) is 0 Å². The highest BCUT2D eigenvalue weighted by molar-refractivity contribution is 5.87. The van der Waals surface area contributed by atoms with Crippen LogP contribution in [0.1, 0.15) is 10.5 Å². The molecule has 0 aromatic carbocycles. The van der Waals surface area contributed by atoms with E-state index in [1.54, 1.807) is 7.05 Å². The molecule has 82 valence electrons. The Kier molecular flexibility index (Phi) is 2.24. The maximum atomic E-state index is 11.3. The Labute approximate surface area is 88.4 Å². The molecular formula is C8H7N5O3. The van der Waals surface area contributed by atoms with E-state index < -0.39 is 17.2 Å². The summed E-state index contributed by atoms with van der Waals surface area (Å²) < 4.78 is 0. The van der Waals surface area contributed by atoms with E-state index >= 15 is 0 Å². The van der Waals surface area contributed by atoms with Crippen LogP contribution in [0.2, 0.25) is 0 Å². The summed E-state index contributed by atoms with van der Waals surface area (Å²) in [5.41, 5.74) is -0.959. The minimum Gasteiger partial charge on any atom is -0.476 e. The van der Waals surface area contributed by atoms with Crippen molar-refractivity contribution in [1.82, 2.24) is 19.9 Å². The summed E-state index contributed by atoms with van der Waals surface area (Å²) in [6, 6.07) is 0. The normalized spacial score (nSPS) is 10.3. The van der Waals surface area contributed by atoms with Gasteiger partial charge in [0.05, 0.1) is 6.20 Å². The molecule has 0 saturated carbocycles. The van der Waals surface area contributed by atoms with E-state index in [-0.39, 0.29) is 11.2 Å². The Bertz CT molecular complexity index is 621. The van der Waals surface area contributed by atoms with Crippen LogP contribution in [0, 0.1) is 0 Å². The Balaban J connectivity index is 2.74. The van der Waals surface area contributed by atoms with Gasteiger partial charge in [0.25, 0.3) is 5.56 Å². The van der Waals surface area contributed by atoms with Crippen molar-refractivity contribution < 1.29 is 9.90 Å². The number of hydrogen-bond donors (Lipinski definition) is 3. The largest absolute Gasteiger partial charge is 0.476 e. The number of H-pyrrole nitrogens is 1. The molecule has 0 amide bonds. The smallest absolute Gasteiger partial charge is 0.360 e. The average molecular weight is 221 g/mol. The molecule has 16 heavy (non-hydrogen) atoms. The predicted molar refractivity (Wildman–Crippen MR) is 54.5 cm³/mol. The molecule has 0 fully saturated rings. The molecule has 0 radical (unpaired) electrons. The molecule has 0 atom stereocenters. The van der Waals surface area contributed by atoms with Gasteiger partial charge in [0.1, 0.15) is 5.52 Å². The molecule has 0 aliphatic rings. The molecule has 8 nitrogen and oxygen atoms in total. The van der Waals surface area contributed by atoms with Crippen molar-refractivity contribution in [2.75, 3.05) is 12.4 Å². The van der Waals surface area contributed by atoms with Crippen LogP contribution >= 0.6 is 0 Å². The number of aromatic carboxylic acids is 1. The zero-order valence-corrected chi connectivity index (χ0v) is 8.18. The number of aromatic amines is 1. The van der Waals surface area contributed by atoms with Crippen LogP contribution in [0.3, 0.4) is 0 Å². The van der Waals surface area contributed by atoms with Gasteiger partial charge in [-0.2, -0.15) is 4.98 Å². The lowest BCUT2D eigenvalue weighted by molar-refractivity contribution is 0.0689. The number of anilines is 1. The predicted octanol–water partition coefficient (Wildman–Crippen LogP) is -0.547.